The lowest BCUT2D eigenvalue weighted by molar-refractivity contribution is 0.0798. The van der Waals surface area contributed by atoms with E-state index in [4.69, 9.17) is 5.84 Å². The molecule has 0 saturated carbocycles. The molecule has 3 N–H and O–H groups in total. The van der Waals surface area contributed by atoms with Crippen LogP contribution < -0.4 is 11.3 Å². The third kappa shape index (κ3) is 3.33. The van der Waals surface area contributed by atoms with E-state index in [1.807, 2.05) is 30.6 Å². The molecule has 4 nitrogen and oxygen atoms in total. The summed E-state index contributed by atoms with van der Waals surface area (Å²) in [7, 11) is 1.81. The molecule has 2 rings (SSSR count). The minimum Gasteiger partial charge on any atom is -0.341 e. The van der Waals surface area contributed by atoms with Crippen molar-refractivity contribution in [2.75, 3.05) is 19.0 Å². The Kier molecular flexibility index (Phi) is 4.54. The van der Waals surface area contributed by atoms with Crippen LogP contribution in [0, 0.1) is 0 Å². The second-order valence-corrected chi connectivity index (χ2v) is 5.28. The van der Waals surface area contributed by atoms with Gasteiger partial charge in [0.15, 0.2) is 0 Å². The lowest BCUT2D eigenvalue weighted by Gasteiger charge is -2.18. The molecule has 100 valence electrons. The van der Waals surface area contributed by atoms with Crippen molar-refractivity contribution >= 4 is 22.9 Å². The van der Waals surface area contributed by atoms with Gasteiger partial charge in [0.2, 0.25) is 0 Å². The number of rotatable bonds is 5. The quantitative estimate of drug-likeness (QED) is 0.650. The Hall–Kier alpha value is -1.85. The van der Waals surface area contributed by atoms with Crippen LogP contribution in [0.25, 0.3) is 0 Å². The van der Waals surface area contributed by atoms with E-state index in [0.29, 0.717) is 17.8 Å². The number of amides is 1. The molecule has 1 aromatic heterocycles. The van der Waals surface area contributed by atoms with Gasteiger partial charge in [0.25, 0.3) is 5.91 Å². The maximum absolute atomic E-state index is 12.3. The smallest absolute Gasteiger partial charge is 0.255 e. The van der Waals surface area contributed by atoms with E-state index in [0.717, 1.165) is 6.42 Å². The molecule has 1 heterocycles. The number of anilines is 1. The lowest BCUT2D eigenvalue weighted by atomic mass is 10.1. The minimum atomic E-state index is -0.0230. The molecule has 0 atom stereocenters. The van der Waals surface area contributed by atoms with Crippen LogP contribution in [0.15, 0.2) is 41.8 Å². The molecule has 1 aromatic carbocycles. The highest BCUT2D eigenvalue weighted by Gasteiger charge is 2.14. The van der Waals surface area contributed by atoms with Crippen molar-refractivity contribution in [3.63, 3.8) is 0 Å². The molecule has 2 aromatic rings. The molecular weight excluding hydrogens is 258 g/mol. The van der Waals surface area contributed by atoms with E-state index in [1.54, 1.807) is 28.4 Å². The van der Waals surface area contributed by atoms with E-state index in [-0.39, 0.29) is 5.91 Å². The average Bonchev–Trinajstić information content (AvgIpc) is 2.97. The van der Waals surface area contributed by atoms with Gasteiger partial charge in [-0.3, -0.25) is 10.6 Å². The molecule has 0 fully saturated rings. The Morgan fingerprint density at radius 3 is 2.79 bits per heavy atom. The Morgan fingerprint density at radius 1 is 1.32 bits per heavy atom. The van der Waals surface area contributed by atoms with E-state index in [1.165, 1.54) is 4.88 Å². The van der Waals surface area contributed by atoms with Crippen LogP contribution in [0.1, 0.15) is 15.2 Å². The number of nitrogens with two attached hydrogens (primary N) is 1. The maximum Gasteiger partial charge on any atom is 0.255 e. The van der Waals surface area contributed by atoms with E-state index >= 15 is 0 Å². The van der Waals surface area contributed by atoms with Gasteiger partial charge in [0.05, 0.1) is 11.3 Å². The van der Waals surface area contributed by atoms with Crippen LogP contribution >= 0.6 is 11.3 Å². The number of para-hydroxylation sites is 1. The lowest BCUT2D eigenvalue weighted by Crippen LogP contribution is -2.29. The maximum atomic E-state index is 12.3. The van der Waals surface area contributed by atoms with Gasteiger partial charge in [-0.25, -0.2) is 0 Å². The summed E-state index contributed by atoms with van der Waals surface area (Å²) in [6.45, 7) is 0.693. The normalized spacial score (nSPS) is 10.2. The number of benzene rings is 1. The standard InChI is InChI=1S/C14H17N3OS/c1-17(9-8-11-5-4-10-19-11)14(18)12-6-2-3-7-13(12)16-15/h2-7,10,16H,8-9,15H2,1H3. The SMILES string of the molecule is CN(CCc1cccs1)C(=O)c1ccccc1NN. The number of hydrazine groups is 1. The van der Waals surface area contributed by atoms with Crippen molar-refractivity contribution in [1.29, 1.82) is 0 Å². The molecule has 1 amide bonds. The first-order valence-corrected chi connectivity index (χ1v) is 6.94. The highest BCUT2D eigenvalue weighted by Crippen LogP contribution is 2.16. The van der Waals surface area contributed by atoms with Crippen molar-refractivity contribution in [3.8, 4) is 0 Å². The van der Waals surface area contributed by atoms with Gasteiger partial charge in [-0.15, -0.1) is 11.3 Å². The van der Waals surface area contributed by atoms with Crippen molar-refractivity contribution < 1.29 is 4.79 Å². The second-order valence-electron chi connectivity index (χ2n) is 4.25. The number of hydrogen-bond donors (Lipinski definition) is 2. The van der Waals surface area contributed by atoms with E-state index < -0.39 is 0 Å². The predicted octanol–water partition coefficient (Wildman–Crippen LogP) is 2.35. The molecule has 0 unspecified atom stereocenters. The molecule has 0 radical (unpaired) electrons. The number of nitrogens with zero attached hydrogens (tertiary/aromatic N) is 1. The zero-order chi connectivity index (χ0) is 13.7. The Labute approximate surface area is 116 Å². The zero-order valence-electron chi connectivity index (χ0n) is 10.8. The van der Waals surface area contributed by atoms with E-state index in [9.17, 15) is 4.79 Å². The van der Waals surface area contributed by atoms with Crippen LogP contribution in [-0.2, 0) is 6.42 Å². The van der Waals surface area contributed by atoms with E-state index in [2.05, 4.69) is 11.5 Å². The third-order valence-corrected chi connectivity index (χ3v) is 3.87. The highest BCUT2D eigenvalue weighted by molar-refractivity contribution is 7.09. The summed E-state index contributed by atoms with van der Waals surface area (Å²) in [6, 6.07) is 11.4. The third-order valence-electron chi connectivity index (χ3n) is 2.93. The van der Waals surface area contributed by atoms with Crippen LogP contribution in [0.4, 0.5) is 5.69 Å². The van der Waals surface area contributed by atoms with Crippen LogP contribution in [0.2, 0.25) is 0 Å². The predicted molar refractivity (Wildman–Crippen MR) is 79.2 cm³/mol. The number of hydrogen-bond acceptors (Lipinski definition) is 4. The van der Waals surface area contributed by atoms with Gasteiger partial charge in [0, 0.05) is 18.5 Å². The number of nitrogens with one attached hydrogen (secondary N) is 1. The zero-order valence-corrected chi connectivity index (χ0v) is 11.6. The first kappa shape index (κ1) is 13.6. The first-order valence-electron chi connectivity index (χ1n) is 6.06. The Morgan fingerprint density at radius 2 is 2.11 bits per heavy atom. The van der Waals surface area contributed by atoms with Gasteiger partial charge in [-0.2, -0.15) is 0 Å². The minimum absolute atomic E-state index is 0.0230. The molecule has 0 aliphatic heterocycles. The number of thiophene rings is 1. The first-order chi connectivity index (χ1) is 9.22. The topological polar surface area (TPSA) is 58.4 Å². The summed E-state index contributed by atoms with van der Waals surface area (Å²) in [5, 5.41) is 2.05. The van der Waals surface area contributed by atoms with Gasteiger partial charge in [-0.1, -0.05) is 18.2 Å². The molecule has 0 aliphatic carbocycles. The monoisotopic (exact) mass is 275 g/mol. The second kappa shape index (κ2) is 6.36. The molecule has 0 saturated heterocycles. The van der Waals surface area contributed by atoms with Gasteiger partial charge in [0.1, 0.15) is 0 Å². The molecular formula is C14H17N3OS. The van der Waals surface area contributed by atoms with Crippen molar-refractivity contribution in [2.45, 2.75) is 6.42 Å². The fourth-order valence-corrected chi connectivity index (χ4v) is 2.53. The van der Waals surface area contributed by atoms with Crippen LogP contribution in [-0.4, -0.2) is 24.4 Å². The summed E-state index contributed by atoms with van der Waals surface area (Å²) >= 11 is 1.71. The Balaban J connectivity index is 2.02. The molecule has 5 heteroatoms. The number of carbonyl (C=O) groups is 1. The summed E-state index contributed by atoms with van der Waals surface area (Å²) in [6.07, 6.45) is 0.873. The van der Waals surface area contributed by atoms with Crippen molar-refractivity contribution in [3.05, 3.63) is 52.2 Å². The number of carbonyl (C=O) groups excluding carboxylic acids is 1. The largest absolute Gasteiger partial charge is 0.341 e. The summed E-state index contributed by atoms with van der Waals surface area (Å²) in [4.78, 5) is 15.3. The molecule has 0 spiro atoms. The molecule has 0 bridgehead atoms. The fraction of sp³-hybridized carbons (Fsp3) is 0.214. The highest BCUT2D eigenvalue weighted by atomic mass is 32.1. The summed E-state index contributed by atoms with van der Waals surface area (Å²) in [5.74, 6) is 5.40. The molecule has 19 heavy (non-hydrogen) atoms. The fourth-order valence-electron chi connectivity index (χ4n) is 1.84. The van der Waals surface area contributed by atoms with Crippen molar-refractivity contribution in [1.82, 2.24) is 4.90 Å². The number of likely N-dealkylation sites (N-methyl/N-ethyl adjacent to an activating group) is 1. The van der Waals surface area contributed by atoms with Gasteiger partial charge in [-0.05, 0) is 30.0 Å². The van der Waals surface area contributed by atoms with Crippen LogP contribution in [0.3, 0.4) is 0 Å². The van der Waals surface area contributed by atoms with Gasteiger partial charge < -0.3 is 10.3 Å². The Bertz CT molecular complexity index is 539. The molecule has 0 aliphatic rings. The number of nitrogen functional groups attached to an aromatic ring is 1. The van der Waals surface area contributed by atoms with Gasteiger partial charge >= 0.3 is 0 Å². The average molecular weight is 275 g/mol. The van der Waals surface area contributed by atoms with Crippen LogP contribution in [0.5, 0.6) is 0 Å². The summed E-state index contributed by atoms with van der Waals surface area (Å²) < 4.78 is 0. The summed E-state index contributed by atoms with van der Waals surface area (Å²) in [5.41, 5.74) is 3.80. The van der Waals surface area contributed by atoms with Crippen molar-refractivity contribution in [2.24, 2.45) is 5.84 Å².